The Labute approximate surface area is 872 Å². The number of thiophene rings is 5. The van der Waals surface area contributed by atoms with Gasteiger partial charge in [0, 0.05) is 152 Å². The summed E-state index contributed by atoms with van der Waals surface area (Å²) < 4.78 is 119. The summed E-state index contributed by atoms with van der Waals surface area (Å²) >= 11 is 13.4. The van der Waals surface area contributed by atoms with E-state index >= 15 is 0 Å². The number of aromatic nitrogens is 21. The molecule has 748 valence electrons. The van der Waals surface area contributed by atoms with E-state index in [1.165, 1.54) is 90.9 Å². The number of halogens is 2. The number of unbranched alkanes of at least 4 members (excludes halogenated alkanes) is 3. The van der Waals surface area contributed by atoms with Crippen molar-refractivity contribution in [1.29, 1.82) is 0 Å². The summed E-state index contributed by atoms with van der Waals surface area (Å²) in [5, 5.41) is 13.9. The first-order valence-corrected chi connectivity index (χ1v) is 59.1. The highest BCUT2D eigenvalue weighted by atomic mass is 32.2. The third kappa shape index (κ3) is 22.2. The van der Waals surface area contributed by atoms with Gasteiger partial charge in [-0.15, -0.1) is 102 Å². The molecule has 51 heteroatoms. The Morgan fingerprint density at radius 2 is 0.650 bits per heavy atom. The van der Waals surface area contributed by atoms with E-state index in [1.807, 2.05) is 145 Å². The fourth-order valence-electron chi connectivity index (χ4n) is 15.0. The molecule has 0 aliphatic rings. The molecule has 0 spiro atoms. The lowest BCUT2D eigenvalue weighted by Gasteiger charge is -2.08. The summed E-state index contributed by atoms with van der Waals surface area (Å²) in [6.45, 7) is 15.0. The number of imidazole rings is 5. The largest absolute Gasteiger partial charge is 0.396 e. The molecular weight excluding hydrogens is 2120 g/mol. The predicted octanol–water partition coefficient (Wildman–Crippen LogP) is 19.7. The summed E-state index contributed by atoms with van der Waals surface area (Å²) in [7, 11) is 8.31. The molecule has 0 aromatic carbocycles. The second kappa shape index (κ2) is 46.3. The topological polar surface area (TPSA) is 474 Å². The molecule has 20 aromatic rings. The molecule has 0 bridgehead atoms. The van der Waals surface area contributed by atoms with Crippen LogP contribution >= 0.6 is 113 Å². The van der Waals surface area contributed by atoms with Gasteiger partial charge in [-0.05, 0) is 71.7 Å². The Morgan fingerprint density at radius 1 is 0.336 bits per heavy atom. The molecule has 0 fully saturated rings. The Balaban J connectivity index is 0.000000128. The first-order chi connectivity index (χ1) is 68.8. The minimum Gasteiger partial charge on any atom is -0.396 e. The fourth-order valence-corrected chi connectivity index (χ4v) is 31.2. The summed E-state index contributed by atoms with van der Waals surface area (Å²) in [5.74, 6) is 6.65. The molecule has 0 amide bonds. The van der Waals surface area contributed by atoms with Crippen LogP contribution in [0.3, 0.4) is 0 Å². The third-order valence-corrected chi connectivity index (χ3v) is 41.7. The van der Waals surface area contributed by atoms with E-state index in [0.717, 1.165) is 185 Å². The van der Waals surface area contributed by atoms with Gasteiger partial charge in [-0.25, -0.2) is 79.7 Å². The SMILES string of the molecule is CCCCCS(=O)c1sc2nc(-c3nccs3)cc(-c3cnc(C)n3C)c2c1N.CCCCS(=O)c1sc2nc(-c3nccs3)cc(-c3cnc(C)n3C)c2c1N.COCCS(=O)c1sc2nc(-c3nc(F)cs3)cc(-c3cnc(C)n3C)c2c1N.COCCS(=O)c1sc2nc(-c3ncc(F)s3)cc(-c3cnc(C)n3C)c2c1N.COCCS(=O)c1sc2nc(-c3nccs3)nc(-c3cnc(C)n3C)c2c1N. The van der Waals surface area contributed by atoms with Crippen molar-refractivity contribution in [2.75, 3.05) is 98.6 Å². The van der Waals surface area contributed by atoms with Crippen molar-refractivity contribution in [3.05, 3.63) is 142 Å². The monoisotopic (exact) mass is 2210 g/mol. The Bertz CT molecular complexity index is 7770. The van der Waals surface area contributed by atoms with Crippen LogP contribution in [0.5, 0.6) is 0 Å². The highest BCUT2D eigenvalue weighted by Crippen LogP contribution is 2.50. The average molecular weight is 2210 g/mol. The summed E-state index contributed by atoms with van der Waals surface area (Å²) in [4.78, 5) is 75.1. The van der Waals surface area contributed by atoms with Crippen molar-refractivity contribution in [3.63, 3.8) is 0 Å². The Hall–Kier alpha value is -10.8. The minimum atomic E-state index is -1.31. The van der Waals surface area contributed by atoms with Gasteiger partial charge in [0.15, 0.2) is 16.0 Å². The van der Waals surface area contributed by atoms with Gasteiger partial charge in [-0.2, -0.15) is 8.78 Å². The highest BCUT2D eigenvalue weighted by Gasteiger charge is 2.31. The first-order valence-electron chi connectivity index (χ1n) is 44.1. The number of hydrogen-bond donors (Lipinski definition) is 5. The molecule has 5 unspecified atom stereocenters. The van der Waals surface area contributed by atoms with Gasteiger partial charge in [0.05, 0.1) is 191 Å². The molecule has 143 heavy (non-hydrogen) atoms. The molecule has 34 nitrogen and oxygen atoms in total. The van der Waals surface area contributed by atoms with Crippen LogP contribution in [-0.2, 0) is 103 Å². The van der Waals surface area contributed by atoms with Gasteiger partial charge in [0.1, 0.15) is 123 Å². The maximum Gasteiger partial charge on any atom is 0.224 e. The predicted molar refractivity (Wildman–Crippen MR) is 585 cm³/mol. The Morgan fingerprint density at radius 3 is 0.951 bits per heavy atom. The molecule has 20 aromatic heterocycles. The first kappa shape index (κ1) is 105. The second-order valence-electron chi connectivity index (χ2n) is 32.0. The van der Waals surface area contributed by atoms with Crippen LogP contribution in [0.2, 0.25) is 0 Å². The third-order valence-electron chi connectivity index (χ3n) is 23.0. The maximum atomic E-state index is 13.6. The van der Waals surface area contributed by atoms with Gasteiger partial charge >= 0.3 is 0 Å². The van der Waals surface area contributed by atoms with Crippen LogP contribution in [0.25, 0.3) is 161 Å². The normalized spacial score (nSPS) is 12.7. The Kier molecular flexibility index (Phi) is 34.0. The standard InChI is InChI=1S/C20H23N5OS3.C19H21N5OS3.2C18H18FN5O2S3.C17H18N6O2S3/c1-4-5-6-9-29(26)20-17(21)16-13(15-11-23-12(2)25(15)3)10-14(24-19(16)28-20)18-22-7-8-27-18;1-4-5-8-28(25)19-16(20)15-12(14-10-22-11(2)24(14)3)9-13(23-18(15)27-19)17-21-6-7-26-17;1-9-21-7-12(24(9)2)10-6-11(16-23-13(19)8-27-16)22-17-14(10)15(20)18(28-17)29(25)5-4-26-3;1-9-21-7-12(24(9)2)10-6-11(16-22-8-13(19)27-16)23-17-14(10)15(20)18(28-17)29(25)5-4-26-3;1-9-20-8-10(23(9)2)13-11-12(18)17(28(24)7-5-25-3)27-15(11)22-14(21-13)16-19-4-6-26-16/h7-8,10-11H,4-6,9,21H2,1-3H3;6-7,9-10H,4-5,8,20H2,1-3H3;2*6-8H,4-5,20H2,1-3H3;4,6,8H,5,7,18H2,1-3H3. The molecule has 0 saturated heterocycles. The zero-order valence-electron chi connectivity index (χ0n) is 79.9. The lowest BCUT2D eigenvalue weighted by molar-refractivity contribution is 0.218. The van der Waals surface area contributed by atoms with Crippen molar-refractivity contribution >= 4 is 247 Å². The number of aryl methyl sites for hydroxylation is 5. The number of methoxy groups -OCH3 is 3. The van der Waals surface area contributed by atoms with Crippen LogP contribution in [-0.4, -0.2) is 194 Å². The lowest BCUT2D eigenvalue weighted by atomic mass is 10.1. The van der Waals surface area contributed by atoms with E-state index in [4.69, 9.17) is 57.8 Å². The quantitative estimate of drug-likeness (QED) is 0.0252. The summed E-state index contributed by atoms with van der Waals surface area (Å²) in [6, 6.07) is 7.70. The van der Waals surface area contributed by atoms with E-state index in [-0.39, 0.29) is 5.13 Å². The fraction of sp³-hybridized carbons (Fsp3) is 0.304. The van der Waals surface area contributed by atoms with E-state index in [9.17, 15) is 29.8 Å². The van der Waals surface area contributed by atoms with Crippen LogP contribution < -0.4 is 28.7 Å². The molecule has 10 N–H and O–H groups in total. The average Bonchev–Trinajstić information content (AvgIpc) is 1.62. The van der Waals surface area contributed by atoms with Crippen molar-refractivity contribution in [1.82, 2.24) is 103 Å². The molecule has 0 aliphatic heterocycles. The van der Waals surface area contributed by atoms with Gasteiger partial charge in [0.2, 0.25) is 5.95 Å². The molecule has 0 aliphatic carbocycles. The van der Waals surface area contributed by atoms with Crippen molar-refractivity contribution in [3.8, 4) is 110 Å². The molecular formula is C92H98F2N26O8S15. The van der Waals surface area contributed by atoms with Crippen LogP contribution in [0.1, 0.15) is 75.1 Å². The number of anilines is 5. The van der Waals surface area contributed by atoms with Crippen LogP contribution in [0.4, 0.5) is 37.2 Å². The van der Waals surface area contributed by atoms with Gasteiger partial charge in [-0.1, -0.05) is 44.4 Å². The number of rotatable bonds is 31. The summed E-state index contributed by atoms with van der Waals surface area (Å²) in [5.41, 5.74) is 46.1. The number of thiazole rings is 5. The van der Waals surface area contributed by atoms with Gasteiger partial charge in [-0.3, -0.25) is 21.0 Å². The van der Waals surface area contributed by atoms with Crippen molar-refractivity contribution in [2.24, 2.45) is 35.2 Å². The smallest absolute Gasteiger partial charge is 0.224 e. The number of fused-ring (bicyclic) bond motifs is 5. The van der Waals surface area contributed by atoms with E-state index in [1.54, 1.807) is 81.2 Å². The van der Waals surface area contributed by atoms with Crippen LogP contribution in [0.15, 0.2) is 123 Å². The molecule has 0 saturated carbocycles. The zero-order valence-corrected chi connectivity index (χ0v) is 92.2. The lowest BCUT2D eigenvalue weighted by Crippen LogP contribution is -2.05. The number of nitrogens with zero attached hydrogens (tertiary/aromatic N) is 21. The van der Waals surface area contributed by atoms with Crippen LogP contribution in [0, 0.1) is 45.7 Å². The number of ether oxygens (including phenoxy) is 3. The van der Waals surface area contributed by atoms with Gasteiger partial charge < -0.3 is 65.7 Å². The van der Waals surface area contributed by atoms with E-state index in [2.05, 4.69) is 78.6 Å². The molecule has 5 atom stereocenters. The van der Waals surface area contributed by atoms with Crippen molar-refractivity contribution < 1.29 is 44.0 Å². The highest BCUT2D eigenvalue weighted by molar-refractivity contribution is 7.89. The number of nitrogens with two attached hydrogens (primary N) is 5. The second-order valence-corrected chi connectivity index (χ2v) is 50.4. The maximum absolute atomic E-state index is 13.6. The number of nitrogen functional groups attached to an aromatic ring is 5. The minimum absolute atomic E-state index is 0.345. The number of hydrogen-bond acceptors (Lipinski definition) is 39. The number of pyridine rings is 4. The summed E-state index contributed by atoms with van der Waals surface area (Å²) in [6.07, 6.45) is 20.4. The van der Waals surface area contributed by atoms with E-state index in [0.29, 0.717) is 147 Å². The molecule has 20 heterocycles. The zero-order chi connectivity index (χ0) is 102. The molecule has 0 radical (unpaired) electrons. The van der Waals surface area contributed by atoms with Gasteiger partial charge in [0.25, 0.3) is 0 Å². The molecule has 20 rings (SSSR count). The van der Waals surface area contributed by atoms with E-state index < -0.39 is 59.9 Å². The van der Waals surface area contributed by atoms with Crippen molar-refractivity contribution in [2.45, 2.75) is 102 Å².